The highest BCUT2D eigenvalue weighted by Crippen LogP contribution is 2.30. The van der Waals surface area contributed by atoms with E-state index in [0.29, 0.717) is 13.2 Å². The number of aryl methyl sites for hydroxylation is 1. The van der Waals surface area contributed by atoms with Crippen molar-refractivity contribution in [1.29, 1.82) is 0 Å². The molecule has 0 heterocycles. The summed E-state index contributed by atoms with van der Waals surface area (Å²) < 4.78 is 19.6. The van der Waals surface area contributed by atoms with Gasteiger partial charge in [0.05, 0.1) is 0 Å². The van der Waals surface area contributed by atoms with E-state index in [1.807, 2.05) is 24.3 Å². The van der Waals surface area contributed by atoms with Gasteiger partial charge in [-0.15, -0.1) is 0 Å². The van der Waals surface area contributed by atoms with Crippen LogP contribution in [0.4, 0.5) is 10.1 Å². The summed E-state index contributed by atoms with van der Waals surface area (Å²) in [5.41, 5.74) is 5.53. The molecule has 0 atom stereocenters. The summed E-state index contributed by atoms with van der Waals surface area (Å²) in [6.45, 7) is 5.21. The third-order valence-electron chi connectivity index (χ3n) is 5.34. The van der Waals surface area contributed by atoms with Gasteiger partial charge in [-0.25, -0.2) is 4.39 Å². The zero-order valence-corrected chi connectivity index (χ0v) is 16.7. The van der Waals surface area contributed by atoms with Crippen LogP contribution in [0.3, 0.4) is 0 Å². The number of fused-ring (bicyclic) bond motifs is 1. The summed E-state index contributed by atoms with van der Waals surface area (Å²) in [6.07, 6.45) is 0. The van der Waals surface area contributed by atoms with Gasteiger partial charge < -0.3 is 10.1 Å². The SMILES string of the molecule is Cc1cccc(NCc2c(OCc3cccc(F)c3)ccc3ccccc23)c1C. The Morgan fingerprint density at radius 2 is 1.69 bits per heavy atom. The van der Waals surface area contributed by atoms with Crippen molar-refractivity contribution < 1.29 is 9.13 Å². The highest BCUT2D eigenvalue weighted by Gasteiger charge is 2.10. The molecule has 0 bridgehead atoms. The molecule has 3 heteroatoms. The molecular weight excluding hydrogens is 361 g/mol. The second kappa shape index (κ2) is 8.36. The molecule has 2 nitrogen and oxygen atoms in total. The zero-order valence-electron chi connectivity index (χ0n) is 16.7. The normalized spacial score (nSPS) is 10.9. The minimum atomic E-state index is -0.249. The van der Waals surface area contributed by atoms with E-state index in [4.69, 9.17) is 4.74 Å². The molecule has 1 N–H and O–H groups in total. The van der Waals surface area contributed by atoms with Gasteiger partial charge in [0.25, 0.3) is 0 Å². The fraction of sp³-hybridized carbons (Fsp3) is 0.154. The third kappa shape index (κ3) is 4.24. The Balaban J connectivity index is 1.64. The molecule has 0 spiro atoms. The van der Waals surface area contributed by atoms with Crippen molar-refractivity contribution in [3.8, 4) is 5.75 Å². The minimum Gasteiger partial charge on any atom is -0.489 e. The standard InChI is InChI=1S/C26H24FNO/c1-18-7-5-12-25(19(18)2)28-16-24-23-11-4-3-9-21(23)13-14-26(24)29-17-20-8-6-10-22(27)15-20/h3-15,28H,16-17H2,1-2H3. The van der Waals surface area contributed by atoms with Crippen LogP contribution in [0, 0.1) is 19.7 Å². The van der Waals surface area contributed by atoms with Crippen molar-refractivity contribution in [1.82, 2.24) is 0 Å². The zero-order chi connectivity index (χ0) is 20.2. The molecule has 0 saturated carbocycles. The van der Waals surface area contributed by atoms with Crippen LogP contribution >= 0.6 is 0 Å². The Kier molecular flexibility index (Phi) is 5.48. The van der Waals surface area contributed by atoms with Crippen LogP contribution in [0.2, 0.25) is 0 Å². The lowest BCUT2D eigenvalue weighted by Crippen LogP contribution is -2.06. The molecule has 146 valence electrons. The third-order valence-corrected chi connectivity index (χ3v) is 5.34. The summed E-state index contributed by atoms with van der Waals surface area (Å²) in [7, 11) is 0. The van der Waals surface area contributed by atoms with E-state index in [2.05, 4.69) is 55.6 Å². The molecule has 0 unspecified atom stereocenters. The van der Waals surface area contributed by atoms with Gasteiger partial charge in [0.1, 0.15) is 18.2 Å². The number of hydrogen-bond acceptors (Lipinski definition) is 2. The minimum absolute atomic E-state index is 0.249. The average molecular weight is 385 g/mol. The Bertz CT molecular complexity index is 1150. The molecule has 0 aromatic heterocycles. The molecule has 0 aliphatic rings. The van der Waals surface area contributed by atoms with E-state index >= 15 is 0 Å². The Labute approximate surface area is 171 Å². The maximum Gasteiger partial charge on any atom is 0.125 e. The van der Waals surface area contributed by atoms with Crippen molar-refractivity contribution in [3.05, 3.63) is 107 Å². The Morgan fingerprint density at radius 1 is 0.862 bits per heavy atom. The summed E-state index contributed by atoms with van der Waals surface area (Å²) in [6, 6.07) is 25.2. The Morgan fingerprint density at radius 3 is 2.55 bits per heavy atom. The largest absolute Gasteiger partial charge is 0.489 e. The fourth-order valence-electron chi connectivity index (χ4n) is 3.55. The van der Waals surface area contributed by atoms with E-state index in [-0.39, 0.29) is 5.82 Å². The number of rotatable bonds is 6. The molecule has 4 rings (SSSR count). The molecule has 4 aromatic carbocycles. The number of anilines is 1. The first kappa shape index (κ1) is 19.0. The molecular formula is C26H24FNO. The maximum absolute atomic E-state index is 13.5. The van der Waals surface area contributed by atoms with E-state index in [0.717, 1.165) is 28.0 Å². The second-order valence-corrected chi connectivity index (χ2v) is 7.28. The molecule has 4 aromatic rings. The Hall–Kier alpha value is -3.33. The lowest BCUT2D eigenvalue weighted by molar-refractivity contribution is 0.303. The van der Waals surface area contributed by atoms with Gasteiger partial charge in [-0.1, -0.05) is 54.6 Å². The highest BCUT2D eigenvalue weighted by molar-refractivity contribution is 5.88. The van der Waals surface area contributed by atoms with Crippen LogP contribution in [0.25, 0.3) is 10.8 Å². The molecule has 0 aliphatic carbocycles. The number of ether oxygens (including phenoxy) is 1. The first-order valence-corrected chi connectivity index (χ1v) is 9.80. The van der Waals surface area contributed by atoms with Gasteiger partial charge in [0.2, 0.25) is 0 Å². The first-order chi connectivity index (χ1) is 14.1. The second-order valence-electron chi connectivity index (χ2n) is 7.28. The van der Waals surface area contributed by atoms with Crippen molar-refractivity contribution in [3.63, 3.8) is 0 Å². The summed E-state index contributed by atoms with van der Waals surface area (Å²) in [4.78, 5) is 0. The van der Waals surface area contributed by atoms with Gasteiger partial charge in [-0.05, 0) is 65.6 Å². The fourth-order valence-corrected chi connectivity index (χ4v) is 3.55. The predicted octanol–water partition coefficient (Wildman–Crippen LogP) is 6.79. The van der Waals surface area contributed by atoms with Gasteiger partial charge in [0.15, 0.2) is 0 Å². The van der Waals surface area contributed by atoms with Gasteiger partial charge >= 0.3 is 0 Å². The lowest BCUT2D eigenvalue weighted by atomic mass is 10.0. The van der Waals surface area contributed by atoms with Crippen molar-refractivity contribution in [2.45, 2.75) is 27.0 Å². The van der Waals surface area contributed by atoms with Crippen LogP contribution in [-0.2, 0) is 13.2 Å². The monoisotopic (exact) mass is 385 g/mol. The summed E-state index contributed by atoms with van der Waals surface area (Å²) >= 11 is 0. The van der Waals surface area contributed by atoms with E-state index < -0.39 is 0 Å². The molecule has 0 aliphatic heterocycles. The molecule has 0 amide bonds. The van der Waals surface area contributed by atoms with Crippen LogP contribution < -0.4 is 10.1 Å². The summed E-state index contributed by atoms with van der Waals surface area (Å²) in [5.74, 6) is 0.562. The van der Waals surface area contributed by atoms with Gasteiger partial charge in [-0.3, -0.25) is 0 Å². The predicted molar refractivity (Wildman–Crippen MR) is 118 cm³/mol. The number of hydrogen-bond donors (Lipinski definition) is 1. The summed E-state index contributed by atoms with van der Waals surface area (Å²) in [5, 5.41) is 5.89. The number of benzene rings is 4. The van der Waals surface area contributed by atoms with Crippen LogP contribution in [-0.4, -0.2) is 0 Å². The van der Waals surface area contributed by atoms with Crippen LogP contribution in [0.5, 0.6) is 5.75 Å². The van der Waals surface area contributed by atoms with E-state index in [1.54, 1.807) is 6.07 Å². The molecule has 0 fully saturated rings. The first-order valence-electron chi connectivity index (χ1n) is 9.80. The van der Waals surface area contributed by atoms with Gasteiger partial charge in [-0.2, -0.15) is 0 Å². The smallest absolute Gasteiger partial charge is 0.125 e. The average Bonchev–Trinajstić information content (AvgIpc) is 2.73. The van der Waals surface area contributed by atoms with Gasteiger partial charge in [0, 0.05) is 17.8 Å². The molecule has 29 heavy (non-hydrogen) atoms. The van der Waals surface area contributed by atoms with E-state index in [1.165, 1.54) is 28.6 Å². The van der Waals surface area contributed by atoms with Crippen molar-refractivity contribution in [2.75, 3.05) is 5.32 Å². The van der Waals surface area contributed by atoms with E-state index in [9.17, 15) is 4.39 Å². The van der Waals surface area contributed by atoms with Crippen molar-refractivity contribution >= 4 is 16.5 Å². The number of halogens is 1. The van der Waals surface area contributed by atoms with Crippen LogP contribution in [0.1, 0.15) is 22.3 Å². The van der Waals surface area contributed by atoms with Crippen molar-refractivity contribution in [2.24, 2.45) is 0 Å². The molecule has 0 saturated heterocycles. The molecule has 0 radical (unpaired) electrons. The topological polar surface area (TPSA) is 21.3 Å². The quantitative estimate of drug-likeness (QED) is 0.395. The lowest BCUT2D eigenvalue weighted by Gasteiger charge is -2.17. The van der Waals surface area contributed by atoms with Crippen LogP contribution in [0.15, 0.2) is 78.9 Å². The number of nitrogens with one attached hydrogen (secondary N) is 1. The highest BCUT2D eigenvalue weighted by atomic mass is 19.1. The maximum atomic E-state index is 13.5.